The van der Waals surface area contributed by atoms with E-state index in [9.17, 15) is 19.7 Å². The van der Waals surface area contributed by atoms with E-state index in [0.717, 1.165) is 0 Å². The molecule has 1 N–H and O–H groups in total. The molecule has 1 saturated heterocycles. The van der Waals surface area contributed by atoms with E-state index in [1.54, 1.807) is 19.1 Å². The number of benzene rings is 3. The number of nitrogens with one attached hydrogen (secondary N) is 1. The fourth-order valence-electron chi connectivity index (χ4n) is 3.37. The van der Waals surface area contributed by atoms with Crippen LogP contribution in [0, 0.1) is 17.0 Å². The van der Waals surface area contributed by atoms with Crippen molar-refractivity contribution in [1.82, 2.24) is 0 Å². The minimum Gasteiger partial charge on any atom is -0.326 e. The molecule has 1 aliphatic heterocycles. The molecule has 1 unspecified atom stereocenters. The summed E-state index contributed by atoms with van der Waals surface area (Å²) in [5.74, 6) is -0.654. The number of amides is 2. The molecular formula is C24H20N4O4S. The zero-order valence-electron chi connectivity index (χ0n) is 17.7. The molecule has 0 spiro atoms. The highest BCUT2D eigenvalue weighted by molar-refractivity contribution is 8.16. The Morgan fingerprint density at radius 3 is 2.42 bits per heavy atom. The van der Waals surface area contributed by atoms with Crippen molar-refractivity contribution in [2.24, 2.45) is 4.99 Å². The zero-order valence-corrected chi connectivity index (χ0v) is 18.5. The number of anilines is 2. The number of nitrogens with zero attached hydrogens (tertiary/aromatic N) is 3. The van der Waals surface area contributed by atoms with Crippen molar-refractivity contribution >= 4 is 51.5 Å². The van der Waals surface area contributed by atoms with Crippen LogP contribution in [0.5, 0.6) is 0 Å². The number of aliphatic imine (C=N–C) groups is 1. The molecule has 0 saturated carbocycles. The van der Waals surface area contributed by atoms with Crippen molar-refractivity contribution in [3.8, 4) is 0 Å². The molecule has 33 heavy (non-hydrogen) atoms. The highest BCUT2D eigenvalue weighted by atomic mass is 32.2. The molecule has 1 atom stereocenters. The molecular weight excluding hydrogens is 440 g/mol. The molecule has 0 aliphatic carbocycles. The molecule has 3 aromatic rings. The maximum absolute atomic E-state index is 13.2. The summed E-state index contributed by atoms with van der Waals surface area (Å²) in [6.07, 6.45) is -0.0949. The van der Waals surface area contributed by atoms with Crippen molar-refractivity contribution in [2.75, 3.05) is 10.2 Å². The van der Waals surface area contributed by atoms with Crippen molar-refractivity contribution in [2.45, 2.75) is 18.6 Å². The van der Waals surface area contributed by atoms with Gasteiger partial charge in [0.15, 0.2) is 5.17 Å². The van der Waals surface area contributed by atoms with Crippen LogP contribution in [0.2, 0.25) is 0 Å². The van der Waals surface area contributed by atoms with Crippen LogP contribution in [0.3, 0.4) is 0 Å². The lowest BCUT2D eigenvalue weighted by molar-refractivity contribution is -0.385. The minimum absolute atomic E-state index is 0.0772. The number of rotatable bonds is 6. The van der Waals surface area contributed by atoms with Gasteiger partial charge in [-0.25, -0.2) is 4.99 Å². The van der Waals surface area contributed by atoms with Gasteiger partial charge in [-0.15, -0.1) is 0 Å². The van der Waals surface area contributed by atoms with Gasteiger partial charge in [-0.05, 0) is 37.3 Å². The van der Waals surface area contributed by atoms with E-state index in [1.807, 2.05) is 60.7 Å². The molecule has 0 bridgehead atoms. The van der Waals surface area contributed by atoms with Gasteiger partial charge in [0.05, 0.1) is 16.3 Å². The van der Waals surface area contributed by atoms with Crippen LogP contribution >= 0.6 is 11.8 Å². The predicted octanol–water partition coefficient (Wildman–Crippen LogP) is 5.07. The summed E-state index contributed by atoms with van der Waals surface area (Å²) < 4.78 is 0. The van der Waals surface area contributed by atoms with Crippen molar-refractivity contribution in [3.05, 3.63) is 94.5 Å². The second-order valence-electron chi connectivity index (χ2n) is 7.36. The highest BCUT2D eigenvalue weighted by Gasteiger charge is 2.40. The van der Waals surface area contributed by atoms with E-state index in [0.29, 0.717) is 27.8 Å². The third-order valence-electron chi connectivity index (χ3n) is 4.99. The van der Waals surface area contributed by atoms with E-state index in [4.69, 9.17) is 0 Å². The first kappa shape index (κ1) is 22.2. The summed E-state index contributed by atoms with van der Waals surface area (Å²) >= 11 is 1.22. The monoisotopic (exact) mass is 460 g/mol. The third-order valence-corrected chi connectivity index (χ3v) is 6.13. The number of hydrogen-bond acceptors (Lipinski definition) is 6. The van der Waals surface area contributed by atoms with Gasteiger partial charge in [0, 0.05) is 23.7 Å². The lowest BCUT2D eigenvalue weighted by Gasteiger charge is -2.16. The highest BCUT2D eigenvalue weighted by Crippen LogP contribution is 2.35. The Morgan fingerprint density at radius 2 is 1.76 bits per heavy atom. The number of carbonyl (C=O) groups excluding carboxylic acids is 2. The van der Waals surface area contributed by atoms with Gasteiger partial charge < -0.3 is 5.32 Å². The van der Waals surface area contributed by atoms with Gasteiger partial charge in [-0.2, -0.15) is 0 Å². The van der Waals surface area contributed by atoms with Gasteiger partial charge in [-0.3, -0.25) is 24.6 Å². The van der Waals surface area contributed by atoms with Gasteiger partial charge in [0.2, 0.25) is 11.8 Å². The van der Waals surface area contributed by atoms with E-state index < -0.39 is 16.1 Å². The number of amidine groups is 1. The number of thioether (sulfide) groups is 1. The fraction of sp³-hybridized carbons (Fsp3) is 0.125. The lowest BCUT2D eigenvalue weighted by Crippen LogP contribution is -2.33. The van der Waals surface area contributed by atoms with E-state index in [-0.39, 0.29) is 18.0 Å². The summed E-state index contributed by atoms with van der Waals surface area (Å²) in [7, 11) is 0. The molecule has 0 aromatic heterocycles. The van der Waals surface area contributed by atoms with Crippen LogP contribution < -0.4 is 10.2 Å². The van der Waals surface area contributed by atoms with Gasteiger partial charge in [0.25, 0.3) is 5.69 Å². The first-order chi connectivity index (χ1) is 15.9. The number of aryl methyl sites for hydroxylation is 1. The molecule has 1 fully saturated rings. The number of nitro groups is 1. The number of para-hydroxylation sites is 2. The SMILES string of the molecule is Cc1ccc(NC(=O)CC2SC(=Nc3ccccc3)N(c3ccccc3)C2=O)cc1[N+](=O)[O-]. The maximum Gasteiger partial charge on any atom is 0.274 e. The molecule has 8 nitrogen and oxygen atoms in total. The largest absolute Gasteiger partial charge is 0.326 e. The molecule has 9 heteroatoms. The Morgan fingerprint density at radius 1 is 1.09 bits per heavy atom. The Balaban J connectivity index is 1.55. The first-order valence-electron chi connectivity index (χ1n) is 10.2. The summed E-state index contributed by atoms with van der Waals surface area (Å²) in [6, 6.07) is 22.9. The first-order valence-corrected chi connectivity index (χ1v) is 11.0. The average Bonchev–Trinajstić information content (AvgIpc) is 3.10. The average molecular weight is 461 g/mol. The number of nitro benzene ring substituents is 1. The van der Waals surface area contributed by atoms with Crippen LogP contribution in [-0.4, -0.2) is 27.2 Å². The van der Waals surface area contributed by atoms with Gasteiger partial charge in [0.1, 0.15) is 5.25 Å². The van der Waals surface area contributed by atoms with E-state index in [1.165, 1.54) is 22.7 Å². The van der Waals surface area contributed by atoms with E-state index in [2.05, 4.69) is 10.3 Å². The summed E-state index contributed by atoms with van der Waals surface area (Å²) in [5, 5.41) is 13.6. The molecule has 1 heterocycles. The summed E-state index contributed by atoms with van der Waals surface area (Å²) in [4.78, 5) is 42.7. The molecule has 3 aromatic carbocycles. The maximum atomic E-state index is 13.2. The standard InChI is InChI=1S/C24H20N4O4S/c1-16-12-13-18(14-20(16)28(31)32)25-22(29)15-21-23(30)27(19-10-6-3-7-11-19)24(33-21)26-17-8-4-2-5-9-17/h2-14,21H,15H2,1H3,(H,25,29). The van der Waals surface area contributed by atoms with Crippen LogP contribution in [-0.2, 0) is 9.59 Å². The Hall–Kier alpha value is -3.98. The molecule has 1 aliphatic rings. The Bertz CT molecular complexity index is 1230. The van der Waals surface area contributed by atoms with Crippen molar-refractivity contribution in [1.29, 1.82) is 0 Å². The fourth-order valence-corrected chi connectivity index (χ4v) is 4.52. The van der Waals surface area contributed by atoms with Gasteiger partial charge in [-0.1, -0.05) is 54.2 Å². The van der Waals surface area contributed by atoms with Crippen LogP contribution in [0.25, 0.3) is 0 Å². The van der Waals surface area contributed by atoms with Crippen molar-refractivity contribution in [3.63, 3.8) is 0 Å². The smallest absolute Gasteiger partial charge is 0.274 e. The quantitative estimate of drug-likeness (QED) is 0.409. The van der Waals surface area contributed by atoms with Crippen LogP contribution in [0.15, 0.2) is 83.9 Å². The number of carbonyl (C=O) groups is 2. The van der Waals surface area contributed by atoms with Gasteiger partial charge >= 0.3 is 0 Å². The molecule has 0 radical (unpaired) electrons. The lowest BCUT2D eigenvalue weighted by atomic mass is 10.1. The van der Waals surface area contributed by atoms with Crippen molar-refractivity contribution < 1.29 is 14.5 Å². The second-order valence-corrected chi connectivity index (χ2v) is 8.53. The van der Waals surface area contributed by atoms with E-state index >= 15 is 0 Å². The Labute approximate surface area is 194 Å². The van der Waals surface area contributed by atoms with Crippen LogP contribution in [0.4, 0.5) is 22.7 Å². The molecule has 166 valence electrons. The predicted molar refractivity (Wildman–Crippen MR) is 130 cm³/mol. The summed E-state index contributed by atoms with van der Waals surface area (Å²) in [5.41, 5.74) is 2.10. The topological polar surface area (TPSA) is 105 Å². The zero-order chi connectivity index (χ0) is 23.4. The second kappa shape index (κ2) is 9.66. The third kappa shape index (κ3) is 5.09. The number of hydrogen-bond donors (Lipinski definition) is 1. The minimum atomic E-state index is -0.673. The Kier molecular flexibility index (Phi) is 6.50. The molecule has 4 rings (SSSR count). The molecule has 2 amide bonds. The summed E-state index contributed by atoms with van der Waals surface area (Å²) in [6.45, 7) is 1.63. The van der Waals surface area contributed by atoms with Crippen LogP contribution in [0.1, 0.15) is 12.0 Å². The normalized spacial score (nSPS) is 16.8.